The number of nitro benzene ring substituents is 1. The van der Waals surface area contributed by atoms with Gasteiger partial charge in [-0.15, -0.1) is 0 Å². The number of nitrogens with one attached hydrogen (secondary N) is 1. The van der Waals surface area contributed by atoms with Crippen LogP contribution in [0.2, 0.25) is 0 Å². The predicted octanol–water partition coefficient (Wildman–Crippen LogP) is 2.07. The van der Waals surface area contributed by atoms with E-state index in [1.54, 1.807) is 30.6 Å². The molecule has 0 saturated heterocycles. The summed E-state index contributed by atoms with van der Waals surface area (Å²) >= 11 is 0. The van der Waals surface area contributed by atoms with Gasteiger partial charge in [-0.25, -0.2) is 9.97 Å². The van der Waals surface area contributed by atoms with Crippen LogP contribution in [-0.2, 0) is 0 Å². The van der Waals surface area contributed by atoms with Crippen molar-refractivity contribution >= 4 is 23.5 Å². The van der Waals surface area contributed by atoms with Crippen molar-refractivity contribution in [1.82, 2.24) is 20.0 Å². The van der Waals surface area contributed by atoms with Crippen LogP contribution in [0.5, 0.6) is 0 Å². The number of hydrogen-bond donors (Lipinski definition) is 1. The molecule has 132 valence electrons. The van der Waals surface area contributed by atoms with Crippen molar-refractivity contribution in [1.29, 1.82) is 0 Å². The van der Waals surface area contributed by atoms with E-state index < -0.39 is 22.4 Å². The van der Waals surface area contributed by atoms with E-state index in [0.717, 1.165) is 5.56 Å². The molecule has 1 N–H and O–H groups in total. The summed E-state index contributed by atoms with van der Waals surface area (Å²) in [5.74, 6) is -1.56. The minimum absolute atomic E-state index is 0.00601. The standard InChI is InChI=1S/C17H10N6O4/c24-15-11-4-1-5-13(23(26)27)14(11)16(25)22(15)21-17-19-8-6-12(20-17)10-3-2-7-18-9-10/h1-9H,(H,19,20,21). The summed E-state index contributed by atoms with van der Waals surface area (Å²) in [6.07, 6.45) is 4.69. The van der Waals surface area contributed by atoms with Gasteiger partial charge in [-0.1, -0.05) is 6.07 Å². The topological polar surface area (TPSA) is 131 Å². The van der Waals surface area contributed by atoms with E-state index in [4.69, 9.17) is 0 Å². The maximum Gasteiger partial charge on any atom is 0.287 e. The molecule has 1 aromatic carbocycles. The first-order valence-corrected chi connectivity index (χ1v) is 7.72. The van der Waals surface area contributed by atoms with Crippen molar-refractivity contribution in [3.8, 4) is 11.3 Å². The molecule has 0 radical (unpaired) electrons. The van der Waals surface area contributed by atoms with Crippen LogP contribution in [0, 0.1) is 10.1 Å². The molecular formula is C17H10N6O4. The number of anilines is 1. The molecule has 3 heterocycles. The van der Waals surface area contributed by atoms with Crippen molar-refractivity contribution in [2.45, 2.75) is 0 Å². The predicted molar refractivity (Wildman–Crippen MR) is 92.5 cm³/mol. The van der Waals surface area contributed by atoms with Gasteiger partial charge in [0.05, 0.1) is 16.2 Å². The SMILES string of the molecule is O=C1c2cccc([N+](=O)[O-])c2C(=O)N1Nc1nccc(-c2cccnc2)n1. The summed E-state index contributed by atoms with van der Waals surface area (Å²) in [5, 5.41) is 11.8. The van der Waals surface area contributed by atoms with Gasteiger partial charge < -0.3 is 0 Å². The van der Waals surface area contributed by atoms with E-state index >= 15 is 0 Å². The fourth-order valence-corrected chi connectivity index (χ4v) is 2.71. The van der Waals surface area contributed by atoms with Crippen molar-refractivity contribution < 1.29 is 14.5 Å². The average molecular weight is 362 g/mol. The number of fused-ring (bicyclic) bond motifs is 1. The summed E-state index contributed by atoms with van der Waals surface area (Å²) in [5.41, 5.74) is 3.04. The maximum atomic E-state index is 12.6. The fraction of sp³-hybridized carbons (Fsp3) is 0. The Kier molecular flexibility index (Phi) is 3.77. The second-order valence-electron chi connectivity index (χ2n) is 5.52. The van der Waals surface area contributed by atoms with Crippen molar-refractivity contribution in [3.63, 3.8) is 0 Å². The largest absolute Gasteiger partial charge is 0.287 e. The Balaban J connectivity index is 1.67. The number of hydrogen-bond acceptors (Lipinski definition) is 8. The van der Waals surface area contributed by atoms with Gasteiger partial charge in [-0.2, -0.15) is 5.01 Å². The smallest absolute Gasteiger partial charge is 0.267 e. The molecule has 10 heteroatoms. The second kappa shape index (κ2) is 6.26. The highest BCUT2D eigenvalue weighted by molar-refractivity contribution is 6.23. The molecule has 1 aliphatic heterocycles. The zero-order valence-electron chi connectivity index (χ0n) is 13.6. The van der Waals surface area contributed by atoms with Crippen molar-refractivity contribution in [2.75, 3.05) is 5.43 Å². The molecule has 0 fully saturated rings. The van der Waals surface area contributed by atoms with Gasteiger partial charge in [0.25, 0.3) is 17.5 Å². The molecule has 10 nitrogen and oxygen atoms in total. The average Bonchev–Trinajstić information content (AvgIpc) is 2.94. The number of nitrogens with zero attached hydrogens (tertiary/aromatic N) is 5. The summed E-state index contributed by atoms with van der Waals surface area (Å²) < 4.78 is 0. The number of carbonyl (C=O) groups is 2. The highest BCUT2D eigenvalue weighted by Gasteiger charge is 2.41. The third-order valence-corrected chi connectivity index (χ3v) is 3.91. The first-order valence-electron chi connectivity index (χ1n) is 7.72. The molecule has 2 aromatic heterocycles. The van der Waals surface area contributed by atoms with Crippen LogP contribution in [0.25, 0.3) is 11.3 Å². The van der Waals surface area contributed by atoms with Crippen LogP contribution in [0.3, 0.4) is 0 Å². The lowest BCUT2D eigenvalue weighted by Gasteiger charge is -2.15. The van der Waals surface area contributed by atoms with Gasteiger partial charge in [-0.3, -0.25) is 30.1 Å². The van der Waals surface area contributed by atoms with E-state index in [2.05, 4.69) is 20.4 Å². The van der Waals surface area contributed by atoms with Crippen molar-refractivity contribution in [2.24, 2.45) is 0 Å². The molecule has 27 heavy (non-hydrogen) atoms. The summed E-state index contributed by atoms with van der Waals surface area (Å²) in [6.45, 7) is 0. The first kappa shape index (κ1) is 16.3. The van der Waals surface area contributed by atoms with Gasteiger partial charge >= 0.3 is 0 Å². The molecule has 2 amide bonds. The van der Waals surface area contributed by atoms with E-state index in [9.17, 15) is 19.7 Å². The lowest BCUT2D eigenvalue weighted by Crippen LogP contribution is -2.36. The van der Waals surface area contributed by atoms with Crippen molar-refractivity contribution in [3.05, 3.63) is 76.2 Å². The number of aromatic nitrogens is 3. The number of pyridine rings is 1. The van der Waals surface area contributed by atoms with Crippen LogP contribution in [0.15, 0.2) is 55.0 Å². The summed E-state index contributed by atoms with van der Waals surface area (Å²) in [7, 11) is 0. The lowest BCUT2D eigenvalue weighted by molar-refractivity contribution is -0.385. The Morgan fingerprint density at radius 3 is 2.63 bits per heavy atom. The maximum absolute atomic E-state index is 12.6. The third kappa shape index (κ3) is 2.74. The molecule has 0 atom stereocenters. The van der Waals surface area contributed by atoms with E-state index in [1.165, 1.54) is 24.4 Å². The number of imide groups is 1. The van der Waals surface area contributed by atoms with E-state index in [-0.39, 0.29) is 17.1 Å². The molecule has 1 aliphatic rings. The fourth-order valence-electron chi connectivity index (χ4n) is 2.71. The van der Waals surface area contributed by atoms with Crippen LogP contribution < -0.4 is 5.43 Å². The number of carbonyl (C=O) groups excluding carboxylic acids is 2. The zero-order chi connectivity index (χ0) is 19.0. The van der Waals surface area contributed by atoms with Gasteiger partial charge in [0.2, 0.25) is 5.95 Å². The van der Waals surface area contributed by atoms with Crippen LogP contribution in [0.4, 0.5) is 11.6 Å². The van der Waals surface area contributed by atoms with Gasteiger partial charge in [-0.05, 0) is 24.3 Å². The van der Waals surface area contributed by atoms with E-state index in [0.29, 0.717) is 10.7 Å². The zero-order valence-corrected chi connectivity index (χ0v) is 13.6. The van der Waals surface area contributed by atoms with Gasteiger partial charge in [0, 0.05) is 30.2 Å². The van der Waals surface area contributed by atoms with Gasteiger partial charge in [0.1, 0.15) is 5.56 Å². The number of nitro groups is 1. The number of amides is 2. The second-order valence-corrected chi connectivity index (χ2v) is 5.52. The Morgan fingerprint density at radius 2 is 1.89 bits per heavy atom. The molecule has 0 saturated carbocycles. The van der Waals surface area contributed by atoms with Crippen LogP contribution in [-0.4, -0.2) is 36.7 Å². The van der Waals surface area contributed by atoms with Gasteiger partial charge in [0.15, 0.2) is 0 Å². The highest BCUT2D eigenvalue weighted by Crippen LogP contribution is 2.30. The molecule has 0 unspecified atom stereocenters. The van der Waals surface area contributed by atoms with E-state index in [1.807, 2.05) is 0 Å². The Hall–Kier alpha value is -4.21. The third-order valence-electron chi connectivity index (χ3n) is 3.91. The molecule has 0 spiro atoms. The number of hydrazine groups is 1. The minimum atomic E-state index is -0.835. The number of benzene rings is 1. The first-order chi connectivity index (χ1) is 13.1. The Bertz CT molecular complexity index is 1090. The Labute approximate surface area is 151 Å². The lowest BCUT2D eigenvalue weighted by atomic mass is 10.1. The number of rotatable bonds is 4. The van der Waals surface area contributed by atoms with Crippen LogP contribution in [0.1, 0.15) is 20.7 Å². The molecule has 3 aromatic rings. The Morgan fingerprint density at radius 1 is 1.04 bits per heavy atom. The molecule has 4 rings (SSSR count). The highest BCUT2D eigenvalue weighted by atomic mass is 16.6. The minimum Gasteiger partial charge on any atom is -0.267 e. The summed E-state index contributed by atoms with van der Waals surface area (Å²) in [4.78, 5) is 47.8. The van der Waals surface area contributed by atoms with Crippen LogP contribution >= 0.6 is 0 Å². The molecule has 0 aliphatic carbocycles. The quantitative estimate of drug-likeness (QED) is 0.424. The monoisotopic (exact) mass is 362 g/mol. The molecular weight excluding hydrogens is 352 g/mol. The summed E-state index contributed by atoms with van der Waals surface area (Å²) in [6, 6.07) is 9.07. The molecule has 0 bridgehead atoms. The normalized spacial score (nSPS) is 12.8.